The van der Waals surface area contributed by atoms with Gasteiger partial charge >= 0.3 is 0 Å². The smallest absolute Gasteiger partial charge is 0.257 e. The summed E-state index contributed by atoms with van der Waals surface area (Å²) in [6.45, 7) is 5.08. The maximum Gasteiger partial charge on any atom is 0.257 e. The summed E-state index contributed by atoms with van der Waals surface area (Å²) in [6, 6.07) is 9.11. The molecule has 2 aromatic rings. The highest BCUT2D eigenvalue weighted by Crippen LogP contribution is 2.31. The van der Waals surface area contributed by atoms with Crippen molar-refractivity contribution in [1.82, 2.24) is 0 Å². The second-order valence-electron chi connectivity index (χ2n) is 6.23. The number of halogens is 1. The first-order valence-corrected chi connectivity index (χ1v) is 11.2. The molecule has 2 rings (SSSR count). The van der Waals surface area contributed by atoms with Crippen LogP contribution in [0.1, 0.15) is 37.0 Å². The number of carbonyl (C=O) groups is 1. The summed E-state index contributed by atoms with van der Waals surface area (Å²) >= 11 is 6.09. The molecule has 0 fully saturated rings. The average molecular weight is 426 g/mol. The van der Waals surface area contributed by atoms with Crippen LogP contribution in [0.15, 0.2) is 41.3 Å². The van der Waals surface area contributed by atoms with Crippen molar-refractivity contribution in [3.63, 3.8) is 0 Å². The summed E-state index contributed by atoms with van der Waals surface area (Å²) in [5, 5.41) is 2.89. The maximum atomic E-state index is 12.6. The number of nitrogens with one attached hydrogen (secondary N) is 1. The lowest BCUT2D eigenvalue weighted by atomic mass is 10.2. The fourth-order valence-electron chi connectivity index (χ4n) is 2.35. The number of sulfone groups is 1. The molecule has 0 aliphatic rings. The van der Waals surface area contributed by atoms with Crippen molar-refractivity contribution in [2.75, 3.05) is 24.8 Å². The van der Waals surface area contributed by atoms with Crippen LogP contribution in [-0.4, -0.2) is 33.8 Å². The molecule has 0 saturated carbocycles. The number of carbonyl (C=O) groups excluding carboxylic acids is 1. The Hall–Kier alpha value is -2.25. The fourth-order valence-corrected chi connectivity index (χ4v) is 3.20. The molecule has 0 saturated heterocycles. The minimum absolute atomic E-state index is 0.0253. The maximum absolute atomic E-state index is 12.6. The molecule has 0 radical (unpaired) electrons. The first-order chi connectivity index (χ1) is 13.3. The molecule has 28 heavy (non-hydrogen) atoms. The highest BCUT2D eigenvalue weighted by molar-refractivity contribution is 7.90. The van der Waals surface area contributed by atoms with Gasteiger partial charge in [-0.3, -0.25) is 4.79 Å². The molecule has 0 aromatic heterocycles. The van der Waals surface area contributed by atoms with Gasteiger partial charge in [-0.25, -0.2) is 8.42 Å². The first-order valence-electron chi connectivity index (χ1n) is 8.96. The SMILES string of the molecule is CCCOc1ccc(NC(=O)c2cc(S(C)(=O)=O)ccc2Cl)cc1OCCC. The molecule has 152 valence electrons. The van der Waals surface area contributed by atoms with Crippen molar-refractivity contribution < 1.29 is 22.7 Å². The Morgan fingerprint density at radius 3 is 2.25 bits per heavy atom. The van der Waals surface area contributed by atoms with Crippen LogP contribution >= 0.6 is 11.6 Å². The van der Waals surface area contributed by atoms with Crippen LogP contribution in [0.25, 0.3) is 0 Å². The molecule has 0 aliphatic heterocycles. The Morgan fingerprint density at radius 1 is 1.00 bits per heavy atom. The third-order valence-corrected chi connectivity index (χ3v) is 5.18. The van der Waals surface area contributed by atoms with Crippen molar-refractivity contribution in [3.8, 4) is 11.5 Å². The van der Waals surface area contributed by atoms with E-state index in [1.165, 1.54) is 18.2 Å². The van der Waals surface area contributed by atoms with E-state index in [1.54, 1.807) is 18.2 Å². The van der Waals surface area contributed by atoms with Gasteiger partial charge in [0.25, 0.3) is 5.91 Å². The predicted octanol–water partition coefficient (Wildman–Crippen LogP) is 4.57. The second-order valence-corrected chi connectivity index (χ2v) is 8.65. The average Bonchev–Trinajstić information content (AvgIpc) is 2.64. The summed E-state index contributed by atoms with van der Waals surface area (Å²) < 4.78 is 34.9. The molecule has 0 unspecified atom stereocenters. The molecular formula is C20H24ClNO5S. The molecule has 1 N–H and O–H groups in total. The molecule has 0 spiro atoms. The Bertz CT molecular complexity index is 944. The molecule has 6 nitrogen and oxygen atoms in total. The van der Waals surface area contributed by atoms with Crippen LogP contribution in [-0.2, 0) is 9.84 Å². The standard InChI is InChI=1S/C20H24ClNO5S/c1-4-10-26-18-9-6-14(12-19(18)27-11-5-2)22-20(23)16-13-15(28(3,24)25)7-8-17(16)21/h6-9,12-13H,4-5,10-11H2,1-3H3,(H,22,23). The van der Waals surface area contributed by atoms with Gasteiger partial charge < -0.3 is 14.8 Å². The third-order valence-electron chi connectivity index (χ3n) is 3.74. The van der Waals surface area contributed by atoms with Crippen LogP contribution in [0, 0.1) is 0 Å². The van der Waals surface area contributed by atoms with Crippen LogP contribution < -0.4 is 14.8 Å². The molecular weight excluding hydrogens is 402 g/mol. The van der Waals surface area contributed by atoms with Crippen LogP contribution in [0.5, 0.6) is 11.5 Å². The van der Waals surface area contributed by atoms with E-state index in [-0.39, 0.29) is 15.5 Å². The van der Waals surface area contributed by atoms with Crippen molar-refractivity contribution in [2.45, 2.75) is 31.6 Å². The van der Waals surface area contributed by atoms with E-state index in [4.69, 9.17) is 21.1 Å². The van der Waals surface area contributed by atoms with Gasteiger partial charge in [0.2, 0.25) is 0 Å². The normalized spacial score (nSPS) is 11.1. The number of hydrogen-bond acceptors (Lipinski definition) is 5. The first kappa shape index (κ1) is 22.0. The van der Waals surface area contributed by atoms with Crippen LogP contribution in [0.4, 0.5) is 5.69 Å². The summed E-state index contributed by atoms with van der Waals surface area (Å²) in [7, 11) is -3.46. The lowest BCUT2D eigenvalue weighted by molar-refractivity contribution is 0.102. The van der Waals surface area contributed by atoms with E-state index < -0.39 is 15.7 Å². The predicted molar refractivity (Wildman–Crippen MR) is 111 cm³/mol. The third kappa shape index (κ3) is 5.87. The molecule has 0 aliphatic carbocycles. The Kier molecular flexibility index (Phi) is 7.71. The minimum Gasteiger partial charge on any atom is -0.490 e. The van der Waals surface area contributed by atoms with E-state index in [2.05, 4.69) is 5.32 Å². The zero-order valence-electron chi connectivity index (χ0n) is 16.1. The summed E-state index contributed by atoms with van der Waals surface area (Å²) in [4.78, 5) is 12.7. The number of amides is 1. The van der Waals surface area contributed by atoms with Gasteiger partial charge in [-0.05, 0) is 43.2 Å². The number of rotatable bonds is 9. The molecule has 0 heterocycles. The molecule has 2 aromatic carbocycles. The highest BCUT2D eigenvalue weighted by Gasteiger charge is 2.16. The van der Waals surface area contributed by atoms with Crippen LogP contribution in [0.2, 0.25) is 5.02 Å². The zero-order valence-corrected chi connectivity index (χ0v) is 17.7. The summed E-state index contributed by atoms with van der Waals surface area (Å²) in [5.41, 5.74) is 0.563. The lowest BCUT2D eigenvalue weighted by Crippen LogP contribution is -2.14. The number of hydrogen-bond donors (Lipinski definition) is 1. The monoisotopic (exact) mass is 425 g/mol. The lowest BCUT2D eigenvalue weighted by Gasteiger charge is -2.14. The molecule has 8 heteroatoms. The number of benzene rings is 2. The molecule has 0 bridgehead atoms. The van der Waals surface area contributed by atoms with E-state index >= 15 is 0 Å². The Morgan fingerprint density at radius 2 is 1.64 bits per heavy atom. The van der Waals surface area contributed by atoms with Gasteiger partial charge in [0.05, 0.1) is 28.7 Å². The fraction of sp³-hybridized carbons (Fsp3) is 0.350. The van der Waals surface area contributed by atoms with Gasteiger partial charge in [0, 0.05) is 18.0 Å². The minimum atomic E-state index is -3.46. The van der Waals surface area contributed by atoms with Gasteiger partial charge in [-0.15, -0.1) is 0 Å². The van der Waals surface area contributed by atoms with E-state index in [0.29, 0.717) is 30.4 Å². The van der Waals surface area contributed by atoms with E-state index in [1.807, 2.05) is 13.8 Å². The Labute approximate surface area is 170 Å². The van der Waals surface area contributed by atoms with Crippen LogP contribution in [0.3, 0.4) is 0 Å². The van der Waals surface area contributed by atoms with Gasteiger partial charge in [-0.2, -0.15) is 0 Å². The Balaban J connectivity index is 2.28. The van der Waals surface area contributed by atoms with Gasteiger partial charge in [0.1, 0.15) is 0 Å². The summed E-state index contributed by atoms with van der Waals surface area (Å²) in [6.07, 6.45) is 2.77. The van der Waals surface area contributed by atoms with E-state index in [9.17, 15) is 13.2 Å². The van der Waals surface area contributed by atoms with Crippen molar-refractivity contribution in [1.29, 1.82) is 0 Å². The number of anilines is 1. The quantitative estimate of drug-likeness (QED) is 0.636. The summed E-state index contributed by atoms with van der Waals surface area (Å²) in [5.74, 6) is 0.619. The van der Waals surface area contributed by atoms with Gasteiger partial charge in [-0.1, -0.05) is 25.4 Å². The molecule has 1 amide bonds. The second kappa shape index (κ2) is 9.80. The zero-order chi connectivity index (χ0) is 20.7. The van der Waals surface area contributed by atoms with Crippen molar-refractivity contribution >= 4 is 33.0 Å². The van der Waals surface area contributed by atoms with Crippen molar-refractivity contribution in [3.05, 3.63) is 47.0 Å². The van der Waals surface area contributed by atoms with E-state index in [0.717, 1.165) is 19.1 Å². The highest BCUT2D eigenvalue weighted by atomic mass is 35.5. The largest absolute Gasteiger partial charge is 0.490 e. The number of ether oxygens (including phenoxy) is 2. The van der Waals surface area contributed by atoms with Crippen molar-refractivity contribution in [2.24, 2.45) is 0 Å². The molecule has 0 atom stereocenters. The topological polar surface area (TPSA) is 81.7 Å². The van der Waals surface area contributed by atoms with Gasteiger partial charge in [0.15, 0.2) is 21.3 Å².